The van der Waals surface area contributed by atoms with Crippen LogP contribution in [0.5, 0.6) is 11.5 Å². The van der Waals surface area contributed by atoms with Crippen LogP contribution < -0.4 is 20.7 Å². The van der Waals surface area contributed by atoms with Crippen molar-refractivity contribution >= 4 is 37.8 Å². The Balaban J connectivity index is 1.19. The minimum absolute atomic E-state index is 0.0244. The van der Waals surface area contributed by atoms with Crippen molar-refractivity contribution < 1.29 is 33.0 Å². The SMILES string of the molecule is COc1ccc(C(OC[C@@]23CO[C@@H]([C@H](n4cc(C)c(=O)[nH]c4=O)O2)[C@@H]3OP(CC(S)SC(=O)c2ccccc2)N2CCCC2)(c2ccccc2)c2ccc(OC)cc2)cc1. The Hall–Kier alpha value is -4.24. The number of aryl methyl sites for hydroxylation is 1. The molecule has 314 valence electrons. The Labute approximate surface area is 359 Å². The number of ether oxygens (including phenoxy) is 5. The van der Waals surface area contributed by atoms with Crippen molar-refractivity contribution in [1.29, 1.82) is 0 Å². The van der Waals surface area contributed by atoms with E-state index < -0.39 is 49.2 Å². The lowest BCUT2D eigenvalue weighted by molar-refractivity contribution is -0.203. The van der Waals surface area contributed by atoms with E-state index in [-0.39, 0.29) is 22.9 Å². The Morgan fingerprint density at radius 3 is 2.08 bits per heavy atom. The number of thiol groups is 1. The molecule has 3 aliphatic rings. The van der Waals surface area contributed by atoms with Crippen molar-refractivity contribution in [3.8, 4) is 11.5 Å². The second kappa shape index (κ2) is 18.4. The molecule has 0 amide bonds. The molecule has 4 aromatic carbocycles. The predicted molar refractivity (Wildman–Crippen MR) is 236 cm³/mol. The Bertz CT molecular complexity index is 2320. The molecule has 60 heavy (non-hydrogen) atoms. The van der Waals surface area contributed by atoms with Gasteiger partial charge in [0.25, 0.3) is 5.56 Å². The highest BCUT2D eigenvalue weighted by Crippen LogP contribution is 2.56. The van der Waals surface area contributed by atoms with Gasteiger partial charge in [-0.1, -0.05) is 96.7 Å². The number of nitrogens with one attached hydrogen (secondary N) is 1. The van der Waals surface area contributed by atoms with E-state index in [9.17, 15) is 14.4 Å². The lowest BCUT2D eigenvalue weighted by Gasteiger charge is -2.40. The first-order valence-corrected chi connectivity index (χ1v) is 22.7. The molecular weight excluding hydrogens is 822 g/mol. The second-order valence-electron chi connectivity index (χ2n) is 15.1. The zero-order chi connectivity index (χ0) is 41.9. The van der Waals surface area contributed by atoms with Crippen LogP contribution in [0.3, 0.4) is 0 Å². The summed E-state index contributed by atoms with van der Waals surface area (Å²) in [7, 11) is 1.91. The number of fused-ring (bicyclic) bond motifs is 2. The molecule has 8 rings (SSSR count). The summed E-state index contributed by atoms with van der Waals surface area (Å²) in [6.07, 6.45) is 1.61. The number of carbonyl (C=O) groups is 1. The molecule has 3 aliphatic heterocycles. The predicted octanol–water partition coefficient (Wildman–Crippen LogP) is 7.16. The van der Waals surface area contributed by atoms with Crippen molar-refractivity contribution in [2.24, 2.45) is 0 Å². The Morgan fingerprint density at radius 2 is 1.48 bits per heavy atom. The number of H-pyrrole nitrogens is 1. The van der Waals surface area contributed by atoms with Crippen LogP contribution in [-0.2, 0) is 24.3 Å². The number of aromatic amines is 1. The number of hydrogen-bond acceptors (Lipinski definition) is 12. The normalized spacial score (nSPS) is 22.4. The number of thioether (sulfide) groups is 1. The smallest absolute Gasteiger partial charge is 0.330 e. The summed E-state index contributed by atoms with van der Waals surface area (Å²) in [5.74, 6) is 1.39. The van der Waals surface area contributed by atoms with Crippen molar-refractivity contribution in [3.63, 3.8) is 0 Å². The van der Waals surface area contributed by atoms with E-state index in [1.54, 1.807) is 33.3 Å². The van der Waals surface area contributed by atoms with Crippen molar-refractivity contribution in [1.82, 2.24) is 14.2 Å². The van der Waals surface area contributed by atoms with E-state index in [4.69, 9.17) is 40.8 Å². The first-order chi connectivity index (χ1) is 29.1. The summed E-state index contributed by atoms with van der Waals surface area (Å²) in [5, 5.41) is -0.0633. The number of aromatic nitrogens is 2. The summed E-state index contributed by atoms with van der Waals surface area (Å²) in [5.41, 5.74) is -0.00725. The molecule has 0 radical (unpaired) electrons. The van der Waals surface area contributed by atoms with Gasteiger partial charge in [0, 0.05) is 36.6 Å². The van der Waals surface area contributed by atoms with Crippen LogP contribution in [0, 0.1) is 6.92 Å². The lowest BCUT2D eigenvalue weighted by atomic mass is 9.79. The van der Waals surface area contributed by atoms with Crippen molar-refractivity contribution in [2.75, 3.05) is 46.7 Å². The maximum Gasteiger partial charge on any atom is 0.330 e. The molecule has 0 spiro atoms. The number of rotatable bonds is 16. The van der Waals surface area contributed by atoms with Gasteiger partial charge < -0.3 is 28.2 Å². The molecule has 2 bridgehead atoms. The molecule has 1 N–H and O–H groups in total. The van der Waals surface area contributed by atoms with Gasteiger partial charge in [-0.3, -0.25) is 23.8 Å². The van der Waals surface area contributed by atoms with Gasteiger partial charge in [0.1, 0.15) is 43.2 Å². The van der Waals surface area contributed by atoms with Gasteiger partial charge in [-0.15, -0.1) is 0 Å². The van der Waals surface area contributed by atoms with E-state index in [0.29, 0.717) is 28.8 Å². The fraction of sp³-hybridized carbons (Fsp3) is 0.356. The number of carbonyl (C=O) groups excluding carboxylic acids is 1. The largest absolute Gasteiger partial charge is 0.497 e. The molecule has 2 unspecified atom stereocenters. The van der Waals surface area contributed by atoms with E-state index in [1.165, 1.54) is 22.5 Å². The molecule has 6 atom stereocenters. The summed E-state index contributed by atoms with van der Waals surface area (Å²) in [6, 6.07) is 34.7. The van der Waals surface area contributed by atoms with Crippen LogP contribution in [0.4, 0.5) is 0 Å². The first-order valence-electron chi connectivity index (χ1n) is 19.9. The highest BCUT2D eigenvalue weighted by atomic mass is 32.2. The molecule has 3 saturated heterocycles. The standard InChI is InChI=1S/C45H48N3O9PS2/c1-30-26-48(43(51)46-40(30)49)41-38-39(57-58(47-24-10-11-25-47)27-37(59)60-42(50)31-12-6-4-7-13-31)44(56-41,28-54-38)29-55-45(32-14-8-5-9-15-32,33-16-20-35(52-2)21-17-33)34-18-22-36(53-3)23-19-34/h4-9,12-23,26,37-39,41,59H,10-11,24-25,27-29H2,1-3H3,(H,46,49,51)/t37?,38-,39+,41-,44-,58?/m1/s1. The molecular formula is C45H48N3O9PS2. The minimum Gasteiger partial charge on any atom is -0.497 e. The molecule has 0 aliphatic carbocycles. The fourth-order valence-corrected chi connectivity index (χ4v) is 12.1. The van der Waals surface area contributed by atoms with E-state index in [1.807, 2.05) is 97.1 Å². The monoisotopic (exact) mass is 869 g/mol. The Kier molecular flexibility index (Phi) is 13.0. The number of benzene rings is 4. The molecule has 12 nitrogen and oxygen atoms in total. The van der Waals surface area contributed by atoms with E-state index >= 15 is 0 Å². The molecule has 4 heterocycles. The number of methoxy groups -OCH3 is 2. The van der Waals surface area contributed by atoms with Gasteiger partial charge >= 0.3 is 5.69 Å². The Morgan fingerprint density at radius 1 is 0.900 bits per heavy atom. The maximum absolute atomic E-state index is 13.5. The van der Waals surface area contributed by atoms with Crippen LogP contribution in [0.2, 0.25) is 0 Å². The van der Waals surface area contributed by atoms with E-state index in [2.05, 4.69) is 9.65 Å². The molecule has 3 fully saturated rings. The van der Waals surface area contributed by atoms with E-state index in [0.717, 1.165) is 42.6 Å². The van der Waals surface area contributed by atoms with Gasteiger partial charge in [0.2, 0.25) is 5.12 Å². The maximum atomic E-state index is 13.5. The third-order valence-corrected chi connectivity index (χ3v) is 15.4. The van der Waals surface area contributed by atoms with Gasteiger partial charge in [-0.25, -0.2) is 4.79 Å². The molecule has 15 heteroatoms. The van der Waals surface area contributed by atoms with Gasteiger partial charge in [-0.2, -0.15) is 12.6 Å². The highest BCUT2D eigenvalue weighted by Gasteiger charge is 2.65. The average Bonchev–Trinajstić information content (AvgIpc) is 4.01. The fourth-order valence-electron chi connectivity index (χ4n) is 8.17. The quantitative estimate of drug-likeness (QED) is 0.0454. The summed E-state index contributed by atoms with van der Waals surface area (Å²) in [4.78, 5) is 41.7. The van der Waals surface area contributed by atoms with Crippen LogP contribution in [0.1, 0.15) is 51.7 Å². The summed E-state index contributed by atoms with van der Waals surface area (Å²) >= 11 is 6.11. The second-order valence-corrected chi connectivity index (χ2v) is 19.1. The van der Waals surface area contributed by atoms with Crippen LogP contribution in [0.15, 0.2) is 125 Å². The third kappa shape index (κ3) is 8.49. The molecule has 1 aromatic heterocycles. The van der Waals surface area contributed by atoms with Crippen LogP contribution in [0.25, 0.3) is 0 Å². The van der Waals surface area contributed by atoms with Gasteiger partial charge in [-0.05, 0) is 60.7 Å². The lowest BCUT2D eigenvalue weighted by Crippen LogP contribution is -2.49. The van der Waals surface area contributed by atoms with Gasteiger partial charge in [0.15, 0.2) is 6.23 Å². The molecule has 0 saturated carbocycles. The summed E-state index contributed by atoms with van der Waals surface area (Å²) < 4.78 is 42.8. The molecule has 5 aromatic rings. The minimum atomic E-state index is -1.35. The zero-order valence-electron chi connectivity index (χ0n) is 33.6. The highest BCUT2D eigenvalue weighted by molar-refractivity contribution is 8.21. The zero-order valence-corrected chi connectivity index (χ0v) is 36.2. The number of hydrogen-bond donors (Lipinski definition) is 2. The van der Waals surface area contributed by atoms with Crippen molar-refractivity contribution in [2.45, 2.75) is 54.0 Å². The number of nitrogens with zero attached hydrogens (tertiary/aromatic N) is 2. The van der Waals surface area contributed by atoms with Crippen LogP contribution >= 0.6 is 32.7 Å². The topological polar surface area (TPSA) is 131 Å². The average molecular weight is 870 g/mol. The third-order valence-electron chi connectivity index (χ3n) is 11.3. The first kappa shape index (κ1) is 42.5. The van der Waals surface area contributed by atoms with Crippen molar-refractivity contribution in [3.05, 3.63) is 164 Å². The summed E-state index contributed by atoms with van der Waals surface area (Å²) in [6.45, 7) is 3.39. The van der Waals surface area contributed by atoms with Gasteiger partial charge in [0.05, 0.1) is 32.0 Å². The van der Waals surface area contributed by atoms with Crippen LogP contribution in [-0.4, -0.2) is 88.4 Å².